The first kappa shape index (κ1) is 38.7. The molecule has 0 unspecified atom stereocenters. The number of ether oxygens (including phenoxy) is 6. The summed E-state index contributed by atoms with van der Waals surface area (Å²) in [5.41, 5.74) is 0.407. The zero-order valence-corrected chi connectivity index (χ0v) is 25.3. The summed E-state index contributed by atoms with van der Waals surface area (Å²) >= 11 is 0. The fourth-order valence-electron chi connectivity index (χ4n) is 5.34. The molecule has 0 radical (unpaired) electrons. The lowest BCUT2D eigenvalue weighted by molar-refractivity contribution is -0.390. The topological polar surface area (TPSA) is 267 Å². The van der Waals surface area contributed by atoms with Crippen LogP contribution in [-0.4, -0.2) is 170 Å². The van der Waals surface area contributed by atoms with Crippen LogP contribution in [0.3, 0.4) is 0 Å². The van der Waals surface area contributed by atoms with E-state index in [4.69, 9.17) is 28.4 Å². The Balaban J connectivity index is 1.54. The second kappa shape index (κ2) is 16.3. The smallest absolute Gasteiger partial charge is 0.394 e. The molecule has 15 atom stereocenters. The van der Waals surface area contributed by atoms with Crippen molar-refractivity contribution in [2.45, 2.75) is 112 Å². The van der Waals surface area contributed by atoms with Gasteiger partial charge in [-0.2, -0.15) is 13.2 Å². The Hall–Kier alpha value is -2.12. The van der Waals surface area contributed by atoms with Crippen LogP contribution in [0.1, 0.15) is 12.5 Å². The van der Waals surface area contributed by atoms with E-state index in [1.807, 2.05) is 0 Å². The largest absolute Gasteiger partial charge is 0.471 e. The molecule has 0 bridgehead atoms. The highest BCUT2D eigenvalue weighted by molar-refractivity contribution is 5.94. The predicted octanol–water partition coefficient (Wildman–Crippen LogP) is -3.78. The minimum atomic E-state index is -5.08. The summed E-state index contributed by atoms with van der Waals surface area (Å²) in [6.45, 7) is -0.439. The molecule has 3 saturated heterocycles. The van der Waals surface area contributed by atoms with Crippen LogP contribution >= 0.6 is 0 Å². The van der Waals surface area contributed by atoms with Crippen molar-refractivity contribution < 1.29 is 92.3 Å². The number of nitrogens with one attached hydrogen (secondary N) is 1. The van der Waals surface area contributed by atoms with E-state index in [0.29, 0.717) is 5.56 Å². The third kappa shape index (κ3) is 8.78. The maximum atomic E-state index is 12.5. The molecule has 3 aliphatic heterocycles. The van der Waals surface area contributed by atoms with Gasteiger partial charge in [-0.3, -0.25) is 4.79 Å². The van der Waals surface area contributed by atoms with Crippen molar-refractivity contribution in [1.29, 1.82) is 0 Å². The Morgan fingerprint density at radius 2 is 1.25 bits per heavy atom. The lowest BCUT2D eigenvalue weighted by atomic mass is 9.96. The lowest BCUT2D eigenvalue weighted by Gasteiger charge is -2.48. The quantitative estimate of drug-likeness (QED) is 0.106. The van der Waals surface area contributed by atoms with Crippen LogP contribution in [0, 0.1) is 0 Å². The Labute approximate surface area is 270 Å². The Bertz CT molecular complexity index is 1180. The third-order valence-electron chi connectivity index (χ3n) is 8.18. The number of amides is 1. The van der Waals surface area contributed by atoms with Crippen molar-refractivity contribution in [3.05, 3.63) is 29.8 Å². The van der Waals surface area contributed by atoms with Crippen molar-refractivity contribution >= 4 is 11.6 Å². The highest BCUT2D eigenvalue weighted by atomic mass is 19.4. The number of rotatable bonds is 11. The van der Waals surface area contributed by atoms with E-state index in [1.54, 1.807) is 5.32 Å². The van der Waals surface area contributed by atoms with Crippen LogP contribution < -0.4 is 5.32 Å². The first-order valence-electron chi connectivity index (χ1n) is 14.9. The van der Waals surface area contributed by atoms with Crippen LogP contribution in [0.4, 0.5) is 18.9 Å². The number of carbonyl (C=O) groups excluding carboxylic acids is 1. The van der Waals surface area contributed by atoms with Crippen molar-refractivity contribution in [2.75, 3.05) is 25.1 Å². The van der Waals surface area contributed by atoms with Crippen molar-refractivity contribution in [2.24, 2.45) is 0 Å². The van der Waals surface area contributed by atoms with Crippen LogP contribution in [0.2, 0.25) is 0 Å². The van der Waals surface area contributed by atoms with E-state index in [1.165, 1.54) is 31.2 Å². The van der Waals surface area contributed by atoms with E-state index in [9.17, 15) is 63.9 Å². The monoisotopic (exact) mass is 703 g/mol. The summed E-state index contributed by atoms with van der Waals surface area (Å²) in [5.74, 6) is -2.15. The van der Waals surface area contributed by atoms with Gasteiger partial charge in [0.25, 0.3) is 0 Å². The Kier molecular flexibility index (Phi) is 13.1. The molecule has 0 aliphatic carbocycles. The number of hydrogen-bond acceptors (Lipinski definition) is 16. The molecule has 274 valence electrons. The summed E-state index contributed by atoms with van der Waals surface area (Å²) in [6, 6.07) is 5.29. The van der Waals surface area contributed by atoms with Crippen LogP contribution in [-0.2, 0) is 39.6 Å². The SMILES string of the molecule is C[C@@H]1O[C@@H](O[C@H]2[C@H](OCCc3ccc(NC(=O)C(F)(F)F)cc3)O[C@H](CO)[C@H](O)[C@@H]2O[C@H]2O[C@H](CO)[C@H](O)[C@H](O)[C@H]2O)[C@@H](O)[C@H](O)[C@@H]1O. The minimum Gasteiger partial charge on any atom is -0.394 e. The molecule has 0 aromatic heterocycles. The zero-order chi connectivity index (χ0) is 35.5. The molecule has 48 heavy (non-hydrogen) atoms. The van der Waals surface area contributed by atoms with Gasteiger partial charge in [0.05, 0.1) is 25.9 Å². The number of aliphatic hydroxyl groups excluding tert-OH is 9. The number of carbonyl (C=O) groups is 1. The lowest BCUT2D eigenvalue weighted by Crippen LogP contribution is -2.67. The van der Waals surface area contributed by atoms with Gasteiger partial charge in [0.2, 0.25) is 0 Å². The maximum absolute atomic E-state index is 12.5. The van der Waals surface area contributed by atoms with Gasteiger partial charge in [0, 0.05) is 5.69 Å². The summed E-state index contributed by atoms with van der Waals surface area (Å²) in [4.78, 5) is 11.2. The highest BCUT2D eigenvalue weighted by Crippen LogP contribution is 2.34. The number of hydrogen-bond donors (Lipinski definition) is 10. The first-order valence-corrected chi connectivity index (χ1v) is 14.9. The summed E-state index contributed by atoms with van der Waals surface area (Å²) < 4.78 is 71.8. The molecule has 4 rings (SSSR count). The highest BCUT2D eigenvalue weighted by Gasteiger charge is 2.54. The molecular formula is C28H40F3NO16. The molecule has 0 saturated carbocycles. The van der Waals surface area contributed by atoms with Crippen molar-refractivity contribution in [1.82, 2.24) is 0 Å². The average Bonchev–Trinajstić information content (AvgIpc) is 3.05. The Morgan fingerprint density at radius 3 is 1.83 bits per heavy atom. The molecule has 10 N–H and O–H groups in total. The molecule has 20 heteroatoms. The van der Waals surface area contributed by atoms with E-state index >= 15 is 0 Å². The second-order valence-electron chi connectivity index (χ2n) is 11.6. The van der Waals surface area contributed by atoms with E-state index in [-0.39, 0.29) is 18.7 Å². The molecule has 3 aliphatic rings. The molecule has 3 heterocycles. The number of alkyl halides is 3. The van der Waals surface area contributed by atoms with Gasteiger partial charge in [0.15, 0.2) is 18.9 Å². The van der Waals surface area contributed by atoms with Crippen LogP contribution in [0.15, 0.2) is 24.3 Å². The van der Waals surface area contributed by atoms with E-state index in [0.717, 1.165) is 0 Å². The first-order chi connectivity index (χ1) is 22.6. The second-order valence-corrected chi connectivity index (χ2v) is 11.6. The van der Waals surface area contributed by atoms with E-state index in [2.05, 4.69) is 0 Å². The number of benzene rings is 1. The zero-order valence-electron chi connectivity index (χ0n) is 25.3. The maximum Gasteiger partial charge on any atom is 0.471 e. The van der Waals surface area contributed by atoms with Gasteiger partial charge in [-0.25, -0.2) is 0 Å². The molecule has 17 nitrogen and oxygen atoms in total. The Morgan fingerprint density at radius 1 is 0.729 bits per heavy atom. The third-order valence-corrected chi connectivity index (χ3v) is 8.18. The van der Waals surface area contributed by atoms with Gasteiger partial charge in [0.1, 0.15) is 67.1 Å². The van der Waals surface area contributed by atoms with Crippen molar-refractivity contribution in [3.8, 4) is 0 Å². The molecule has 0 spiro atoms. The van der Waals surface area contributed by atoms with Gasteiger partial charge in [-0.1, -0.05) is 12.1 Å². The number of aliphatic hydroxyl groups is 9. The fraction of sp³-hybridized carbons (Fsp3) is 0.750. The van der Waals surface area contributed by atoms with Gasteiger partial charge < -0.3 is 79.7 Å². The van der Waals surface area contributed by atoms with Crippen LogP contribution in [0.25, 0.3) is 0 Å². The molecule has 3 fully saturated rings. The van der Waals surface area contributed by atoms with Gasteiger partial charge >= 0.3 is 12.1 Å². The van der Waals surface area contributed by atoms with E-state index < -0.39 is 117 Å². The fourth-order valence-corrected chi connectivity index (χ4v) is 5.34. The summed E-state index contributed by atoms with van der Waals surface area (Å²) in [7, 11) is 0. The number of anilines is 1. The average molecular weight is 704 g/mol. The molecule has 1 aromatic carbocycles. The minimum absolute atomic E-state index is 0.0924. The van der Waals surface area contributed by atoms with Crippen molar-refractivity contribution in [3.63, 3.8) is 0 Å². The molecular weight excluding hydrogens is 663 g/mol. The standard InChI is InChI=1S/C28H40F3NO16/c1-10-15(35)18(38)20(40)24(44-10)48-23-22(47-25-21(41)19(39)16(36)13(8-33)45-25)17(37)14(9-34)46-26(23)43-7-6-11-2-4-12(5-3-11)32-27(42)28(29,30)31/h2-5,10,13-26,33-41H,6-9H2,1H3,(H,32,42)/t10-,13+,14+,15+,16-,17-,18+,19-,20-,21+,22-,23+,24-,25+,26+/m0/s1. The van der Waals surface area contributed by atoms with Crippen LogP contribution in [0.5, 0.6) is 0 Å². The molecule has 1 aromatic rings. The normalized spacial score (nSPS) is 40.8. The van der Waals surface area contributed by atoms with Gasteiger partial charge in [-0.05, 0) is 31.0 Å². The summed E-state index contributed by atoms with van der Waals surface area (Å²) in [6.07, 6.45) is -29.7. The number of halogens is 3. The summed E-state index contributed by atoms with van der Waals surface area (Å²) in [5, 5.41) is 94.4. The molecule has 1 amide bonds. The predicted molar refractivity (Wildman–Crippen MR) is 148 cm³/mol. The van der Waals surface area contributed by atoms with Gasteiger partial charge in [-0.15, -0.1) is 0 Å².